The summed E-state index contributed by atoms with van der Waals surface area (Å²) in [7, 11) is -3.69. The van der Waals surface area contributed by atoms with Crippen LogP contribution in [-0.2, 0) is 26.2 Å². The number of hydrogen-bond acceptors (Lipinski definition) is 7. The fourth-order valence-electron chi connectivity index (χ4n) is 2.79. The fourth-order valence-corrected chi connectivity index (χ4v) is 4.49. The first-order chi connectivity index (χ1) is 14.7. The van der Waals surface area contributed by atoms with Gasteiger partial charge in [0.2, 0.25) is 15.7 Å². The van der Waals surface area contributed by atoms with Gasteiger partial charge in [0.1, 0.15) is 12.4 Å². The van der Waals surface area contributed by atoms with Crippen LogP contribution < -0.4 is 0 Å². The molecule has 0 aliphatic carbocycles. The predicted octanol–water partition coefficient (Wildman–Crippen LogP) is 4.64. The van der Waals surface area contributed by atoms with Crippen LogP contribution in [0.1, 0.15) is 31.9 Å². The summed E-state index contributed by atoms with van der Waals surface area (Å²) in [6, 6.07) is 13.7. The first kappa shape index (κ1) is 24.2. The number of azo groups is 1. The molecule has 0 saturated carbocycles. The van der Waals surface area contributed by atoms with Gasteiger partial charge >= 0.3 is 5.97 Å². The van der Waals surface area contributed by atoms with Gasteiger partial charge in [-0.15, -0.1) is 5.11 Å². The number of esters is 1. The SMILES string of the molecule is CCN(CC)S(=O)(=O)c1cc(N=N/C(C(=O)OCc2ccccc2)=C(\C)O)ccc1C. The van der Waals surface area contributed by atoms with E-state index in [9.17, 15) is 18.3 Å². The molecule has 0 saturated heterocycles. The molecule has 0 aromatic heterocycles. The zero-order valence-corrected chi connectivity index (χ0v) is 18.9. The average molecular weight is 446 g/mol. The number of sulfonamides is 1. The Bertz CT molecular complexity index is 1070. The maximum absolute atomic E-state index is 12.9. The Balaban J connectivity index is 2.26. The second kappa shape index (κ2) is 10.8. The van der Waals surface area contributed by atoms with Crippen molar-refractivity contribution in [3.8, 4) is 0 Å². The van der Waals surface area contributed by atoms with E-state index < -0.39 is 16.0 Å². The van der Waals surface area contributed by atoms with Crippen molar-refractivity contribution in [2.75, 3.05) is 13.1 Å². The lowest BCUT2D eigenvalue weighted by Crippen LogP contribution is -2.31. The first-order valence-corrected chi connectivity index (χ1v) is 11.3. The molecule has 31 heavy (non-hydrogen) atoms. The third-order valence-electron chi connectivity index (χ3n) is 4.51. The highest BCUT2D eigenvalue weighted by atomic mass is 32.2. The van der Waals surface area contributed by atoms with Crippen LogP contribution in [-0.4, -0.2) is 36.9 Å². The summed E-state index contributed by atoms with van der Waals surface area (Å²) in [5, 5.41) is 17.6. The Morgan fingerprint density at radius 1 is 1.10 bits per heavy atom. The molecule has 0 atom stereocenters. The van der Waals surface area contributed by atoms with E-state index in [4.69, 9.17) is 4.74 Å². The van der Waals surface area contributed by atoms with Crippen molar-refractivity contribution >= 4 is 21.7 Å². The zero-order chi connectivity index (χ0) is 23.0. The maximum Gasteiger partial charge on any atom is 0.362 e. The van der Waals surface area contributed by atoms with Gasteiger partial charge in [0.15, 0.2) is 0 Å². The Labute approximate surface area is 182 Å². The van der Waals surface area contributed by atoms with Crippen molar-refractivity contribution in [1.29, 1.82) is 0 Å². The van der Waals surface area contributed by atoms with Crippen molar-refractivity contribution in [2.45, 2.75) is 39.2 Å². The van der Waals surface area contributed by atoms with Gasteiger partial charge in [-0.2, -0.15) is 9.42 Å². The molecule has 0 amide bonds. The van der Waals surface area contributed by atoms with Gasteiger partial charge in [-0.1, -0.05) is 50.2 Å². The summed E-state index contributed by atoms with van der Waals surface area (Å²) < 4.78 is 32.3. The van der Waals surface area contributed by atoms with Crippen molar-refractivity contribution in [3.63, 3.8) is 0 Å². The van der Waals surface area contributed by atoms with Gasteiger partial charge in [-0.3, -0.25) is 0 Å². The number of nitrogens with zero attached hydrogens (tertiary/aromatic N) is 3. The van der Waals surface area contributed by atoms with E-state index in [1.807, 2.05) is 18.2 Å². The van der Waals surface area contributed by atoms with Gasteiger partial charge in [-0.25, -0.2) is 13.2 Å². The van der Waals surface area contributed by atoms with Crippen LogP contribution in [0.3, 0.4) is 0 Å². The molecule has 0 heterocycles. The second-order valence-electron chi connectivity index (χ2n) is 6.73. The normalized spacial score (nSPS) is 12.8. The smallest absolute Gasteiger partial charge is 0.362 e. The molecule has 2 aromatic carbocycles. The number of aliphatic hydroxyl groups is 1. The van der Waals surface area contributed by atoms with Gasteiger partial charge in [0.25, 0.3) is 0 Å². The molecule has 0 fully saturated rings. The lowest BCUT2D eigenvalue weighted by atomic mass is 10.2. The molecular formula is C22H27N3O5S. The van der Waals surface area contributed by atoms with Crippen molar-refractivity contribution < 1.29 is 23.1 Å². The van der Waals surface area contributed by atoms with Crippen molar-refractivity contribution in [1.82, 2.24) is 4.31 Å². The predicted molar refractivity (Wildman–Crippen MR) is 117 cm³/mol. The minimum Gasteiger partial charge on any atom is -0.510 e. The van der Waals surface area contributed by atoms with Crippen LogP contribution in [0.2, 0.25) is 0 Å². The van der Waals surface area contributed by atoms with E-state index in [2.05, 4.69) is 10.2 Å². The monoisotopic (exact) mass is 445 g/mol. The second-order valence-corrected chi connectivity index (χ2v) is 8.64. The molecular weight excluding hydrogens is 418 g/mol. The van der Waals surface area contributed by atoms with Crippen LogP contribution in [0.5, 0.6) is 0 Å². The summed E-state index contributed by atoms with van der Waals surface area (Å²) in [5.41, 5.74) is 1.23. The van der Waals surface area contributed by atoms with Crippen LogP contribution in [0.25, 0.3) is 0 Å². The third kappa shape index (κ3) is 6.22. The number of aliphatic hydroxyl groups excluding tert-OH is 1. The number of ether oxygens (including phenoxy) is 1. The molecule has 166 valence electrons. The number of hydrogen-bond donors (Lipinski definition) is 1. The van der Waals surface area contributed by atoms with Crippen molar-refractivity contribution in [3.05, 3.63) is 71.1 Å². The number of rotatable bonds is 9. The number of benzene rings is 2. The summed E-state index contributed by atoms with van der Waals surface area (Å²) >= 11 is 0. The van der Waals surface area contributed by atoms with Gasteiger partial charge in [0, 0.05) is 13.1 Å². The van der Waals surface area contributed by atoms with Crippen LogP contribution in [0, 0.1) is 6.92 Å². The van der Waals surface area contributed by atoms with E-state index in [0.717, 1.165) is 5.56 Å². The highest BCUT2D eigenvalue weighted by molar-refractivity contribution is 7.89. The first-order valence-electron chi connectivity index (χ1n) is 9.84. The summed E-state index contributed by atoms with van der Waals surface area (Å²) in [5.74, 6) is -1.19. The summed E-state index contributed by atoms with van der Waals surface area (Å²) in [6.45, 7) is 7.22. The largest absolute Gasteiger partial charge is 0.510 e. The average Bonchev–Trinajstić information content (AvgIpc) is 2.74. The molecule has 0 aliphatic heterocycles. The van der Waals surface area contributed by atoms with Crippen LogP contribution in [0.15, 0.2) is 75.1 Å². The molecule has 0 aliphatic rings. The lowest BCUT2D eigenvalue weighted by molar-refractivity contribution is -0.140. The molecule has 0 unspecified atom stereocenters. The van der Waals surface area contributed by atoms with E-state index in [0.29, 0.717) is 18.7 Å². The van der Waals surface area contributed by atoms with E-state index in [1.165, 1.54) is 17.3 Å². The summed E-state index contributed by atoms with van der Waals surface area (Å²) in [4.78, 5) is 12.4. The van der Waals surface area contributed by atoms with Crippen molar-refractivity contribution in [2.24, 2.45) is 10.2 Å². The maximum atomic E-state index is 12.9. The highest BCUT2D eigenvalue weighted by Gasteiger charge is 2.24. The van der Waals surface area contributed by atoms with E-state index in [1.54, 1.807) is 45.0 Å². The van der Waals surface area contributed by atoms with E-state index >= 15 is 0 Å². The third-order valence-corrected chi connectivity index (χ3v) is 6.70. The zero-order valence-electron chi connectivity index (χ0n) is 18.1. The van der Waals surface area contributed by atoms with E-state index in [-0.39, 0.29) is 28.6 Å². The highest BCUT2D eigenvalue weighted by Crippen LogP contribution is 2.26. The van der Waals surface area contributed by atoms with Crippen LogP contribution >= 0.6 is 0 Å². The Hall–Kier alpha value is -3.04. The molecule has 0 spiro atoms. The molecule has 0 radical (unpaired) electrons. The van der Waals surface area contributed by atoms with Gasteiger partial charge in [-0.05, 0) is 37.1 Å². The summed E-state index contributed by atoms with van der Waals surface area (Å²) in [6.07, 6.45) is 0. The molecule has 1 N–H and O–H groups in total. The molecule has 8 nitrogen and oxygen atoms in total. The minimum absolute atomic E-state index is 0.0166. The molecule has 2 rings (SSSR count). The Morgan fingerprint density at radius 2 is 1.74 bits per heavy atom. The number of allylic oxidation sites excluding steroid dienone is 1. The van der Waals surface area contributed by atoms with Crippen LogP contribution in [0.4, 0.5) is 5.69 Å². The van der Waals surface area contributed by atoms with Gasteiger partial charge < -0.3 is 9.84 Å². The number of carbonyl (C=O) groups is 1. The van der Waals surface area contributed by atoms with Gasteiger partial charge in [0.05, 0.1) is 10.6 Å². The Morgan fingerprint density at radius 3 is 2.32 bits per heavy atom. The number of aryl methyl sites for hydroxylation is 1. The minimum atomic E-state index is -3.69. The quantitative estimate of drug-likeness (QED) is 0.262. The molecule has 0 bridgehead atoms. The standard InChI is InChI=1S/C22H27N3O5S/c1-5-25(6-2)31(28,29)20-14-19(13-12-16(20)3)23-24-21(17(4)26)22(27)30-15-18-10-8-7-9-11-18/h7-14,26H,5-6,15H2,1-4H3/b21-17+,24-23?. The molecule has 2 aromatic rings. The Kier molecular flexibility index (Phi) is 8.47. The fraction of sp³-hybridized carbons (Fsp3) is 0.318. The lowest BCUT2D eigenvalue weighted by Gasteiger charge is -2.19. The topological polar surface area (TPSA) is 109 Å². The molecule has 9 heteroatoms. The number of carbonyl (C=O) groups excluding carboxylic acids is 1.